The number of fused-ring (bicyclic) bond motifs is 1. The molecule has 0 radical (unpaired) electrons. The van der Waals surface area contributed by atoms with Crippen LogP contribution in [-0.2, 0) is 0 Å². The summed E-state index contributed by atoms with van der Waals surface area (Å²) < 4.78 is 0. The van der Waals surface area contributed by atoms with Crippen LogP contribution in [0.1, 0.15) is 17.4 Å². The van der Waals surface area contributed by atoms with Crippen molar-refractivity contribution in [3.8, 4) is 0 Å². The van der Waals surface area contributed by atoms with Gasteiger partial charge in [-0.05, 0) is 6.92 Å². The second kappa shape index (κ2) is 3.58. The SMILES string of the molecule is CC(Br)c1cnc2nc(N)nc(N)c2n1. The first kappa shape index (κ1) is 10.0. The third-order valence-electron chi connectivity index (χ3n) is 1.88. The van der Waals surface area contributed by atoms with E-state index in [9.17, 15) is 0 Å². The van der Waals surface area contributed by atoms with Crippen LogP contribution in [0, 0.1) is 0 Å². The molecule has 2 aromatic heterocycles. The Kier molecular flexibility index (Phi) is 2.39. The predicted molar refractivity (Wildman–Crippen MR) is 61.3 cm³/mol. The summed E-state index contributed by atoms with van der Waals surface area (Å²) in [5.74, 6) is 0.356. The standard InChI is InChI=1S/C8H9BrN6/c1-3(9)4-2-12-7-5(13-4)6(10)14-8(11)15-7/h2-3H,1H3,(H4,10,11,12,14,15). The number of alkyl halides is 1. The van der Waals surface area contributed by atoms with Gasteiger partial charge in [-0.3, -0.25) is 0 Å². The van der Waals surface area contributed by atoms with Crippen molar-refractivity contribution in [2.45, 2.75) is 11.8 Å². The van der Waals surface area contributed by atoms with E-state index in [4.69, 9.17) is 11.5 Å². The number of rotatable bonds is 1. The van der Waals surface area contributed by atoms with Crippen molar-refractivity contribution in [3.05, 3.63) is 11.9 Å². The lowest BCUT2D eigenvalue weighted by molar-refractivity contribution is 1.01. The van der Waals surface area contributed by atoms with E-state index in [1.165, 1.54) is 0 Å². The third-order valence-corrected chi connectivity index (χ3v) is 2.35. The molecule has 0 aliphatic heterocycles. The summed E-state index contributed by atoms with van der Waals surface area (Å²) in [7, 11) is 0. The van der Waals surface area contributed by atoms with Crippen LogP contribution in [0.2, 0.25) is 0 Å². The molecule has 1 unspecified atom stereocenters. The second-order valence-electron chi connectivity index (χ2n) is 3.05. The fraction of sp³-hybridized carbons (Fsp3) is 0.250. The van der Waals surface area contributed by atoms with E-state index in [-0.39, 0.29) is 16.6 Å². The Morgan fingerprint density at radius 3 is 2.67 bits per heavy atom. The zero-order valence-electron chi connectivity index (χ0n) is 7.98. The van der Waals surface area contributed by atoms with E-state index in [2.05, 4.69) is 35.9 Å². The Bertz CT molecular complexity index is 512. The molecule has 6 nitrogen and oxygen atoms in total. The van der Waals surface area contributed by atoms with E-state index in [1.54, 1.807) is 6.20 Å². The first-order valence-corrected chi connectivity index (χ1v) is 5.19. The Morgan fingerprint density at radius 2 is 2.00 bits per heavy atom. The van der Waals surface area contributed by atoms with E-state index in [1.807, 2.05) is 6.92 Å². The van der Waals surface area contributed by atoms with Crippen LogP contribution >= 0.6 is 15.9 Å². The van der Waals surface area contributed by atoms with Crippen LogP contribution in [0.3, 0.4) is 0 Å². The zero-order valence-corrected chi connectivity index (χ0v) is 9.56. The quantitative estimate of drug-likeness (QED) is 0.749. The molecule has 0 amide bonds. The van der Waals surface area contributed by atoms with Gasteiger partial charge in [0.05, 0.1) is 16.7 Å². The van der Waals surface area contributed by atoms with Gasteiger partial charge in [-0.25, -0.2) is 9.97 Å². The smallest absolute Gasteiger partial charge is 0.224 e. The van der Waals surface area contributed by atoms with E-state index < -0.39 is 0 Å². The minimum atomic E-state index is 0.103. The first-order chi connectivity index (χ1) is 7.08. The molecule has 0 fully saturated rings. The molecule has 2 heterocycles. The molecule has 78 valence electrons. The van der Waals surface area contributed by atoms with Gasteiger partial charge in [0.15, 0.2) is 17.0 Å². The van der Waals surface area contributed by atoms with Crippen molar-refractivity contribution in [1.29, 1.82) is 0 Å². The summed E-state index contributed by atoms with van der Waals surface area (Å²) >= 11 is 3.40. The van der Waals surface area contributed by atoms with E-state index in [0.717, 1.165) is 5.69 Å². The molecule has 0 saturated heterocycles. The molecule has 0 saturated carbocycles. The molecular formula is C8H9BrN6. The summed E-state index contributed by atoms with van der Waals surface area (Å²) in [5, 5.41) is 0. The molecule has 15 heavy (non-hydrogen) atoms. The molecule has 0 aromatic carbocycles. The van der Waals surface area contributed by atoms with Crippen molar-refractivity contribution in [1.82, 2.24) is 19.9 Å². The minimum absolute atomic E-state index is 0.103. The van der Waals surface area contributed by atoms with Crippen molar-refractivity contribution >= 4 is 38.9 Å². The molecule has 1 atom stereocenters. The van der Waals surface area contributed by atoms with Crippen LogP contribution in [-0.4, -0.2) is 19.9 Å². The highest BCUT2D eigenvalue weighted by Gasteiger charge is 2.09. The number of anilines is 2. The normalized spacial score (nSPS) is 12.9. The molecule has 7 heteroatoms. The highest BCUT2D eigenvalue weighted by Crippen LogP contribution is 2.22. The van der Waals surface area contributed by atoms with Crippen molar-refractivity contribution in [2.75, 3.05) is 11.5 Å². The van der Waals surface area contributed by atoms with Gasteiger partial charge >= 0.3 is 0 Å². The van der Waals surface area contributed by atoms with Gasteiger partial charge in [0.2, 0.25) is 5.95 Å². The number of nitrogen functional groups attached to an aromatic ring is 2. The molecule has 0 aliphatic carbocycles. The Hall–Kier alpha value is -1.50. The lowest BCUT2D eigenvalue weighted by Gasteiger charge is -2.05. The Balaban J connectivity index is 2.71. The van der Waals surface area contributed by atoms with Gasteiger partial charge in [-0.1, -0.05) is 15.9 Å². The van der Waals surface area contributed by atoms with Crippen molar-refractivity contribution in [3.63, 3.8) is 0 Å². The Labute approximate surface area is 94.3 Å². The summed E-state index contributed by atoms with van der Waals surface area (Å²) in [6, 6.07) is 0. The third kappa shape index (κ3) is 1.82. The fourth-order valence-electron chi connectivity index (χ4n) is 1.15. The summed E-state index contributed by atoms with van der Waals surface area (Å²) in [6.07, 6.45) is 1.63. The van der Waals surface area contributed by atoms with Gasteiger partial charge in [-0.15, -0.1) is 0 Å². The second-order valence-corrected chi connectivity index (χ2v) is 4.42. The molecule has 0 spiro atoms. The molecule has 2 aromatic rings. The summed E-state index contributed by atoms with van der Waals surface area (Å²) in [6.45, 7) is 1.95. The molecule has 2 rings (SSSR count). The van der Waals surface area contributed by atoms with E-state index in [0.29, 0.717) is 11.2 Å². The van der Waals surface area contributed by atoms with Gasteiger partial charge in [-0.2, -0.15) is 9.97 Å². The lowest BCUT2D eigenvalue weighted by atomic mass is 10.3. The molecular weight excluding hydrogens is 260 g/mol. The van der Waals surface area contributed by atoms with Gasteiger partial charge < -0.3 is 11.5 Å². The summed E-state index contributed by atoms with van der Waals surface area (Å²) in [5.41, 5.74) is 12.8. The van der Waals surface area contributed by atoms with Crippen LogP contribution in [0.15, 0.2) is 6.20 Å². The summed E-state index contributed by atoms with van der Waals surface area (Å²) in [4.78, 5) is 16.3. The average molecular weight is 269 g/mol. The number of nitrogens with two attached hydrogens (primary N) is 2. The van der Waals surface area contributed by atoms with E-state index >= 15 is 0 Å². The highest BCUT2D eigenvalue weighted by molar-refractivity contribution is 9.09. The van der Waals surface area contributed by atoms with Crippen LogP contribution in [0.4, 0.5) is 11.8 Å². The number of hydrogen-bond donors (Lipinski definition) is 2. The molecule has 4 N–H and O–H groups in total. The maximum Gasteiger partial charge on any atom is 0.224 e. The fourth-order valence-corrected chi connectivity index (χ4v) is 1.37. The number of halogens is 1. The minimum Gasteiger partial charge on any atom is -0.382 e. The Morgan fingerprint density at radius 1 is 1.27 bits per heavy atom. The molecule has 0 bridgehead atoms. The maximum atomic E-state index is 5.68. The first-order valence-electron chi connectivity index (χ1n) is 4.27. The largest absolute Gasteiger partial charge is 0.382 e. The van der Waals surface area contributed by atoms with Crippen molar-refractivity contribution < 1.29 is 0 Å². The topological polar surface area (TPSA) is 104 Å². The predicted octanol–water partition coefficient (Wildman–Crippen LogP) is 1.04. The number of aromatic nitrogens is 4. The van der Waals surface area contributed by atoms with Crippen molar-refractivity contribution in [2.24, 2.45) is 0 Å². The lowest BCUT2D eigenvalue weighted by Crippen LogP contribution is -2.04. The van der Waals surface area contributed by atoms with Gasteiger partial charge in [0, 0.05) is 0 Å². The highest BCUT2D eigenvalue weighted by atomic mass is 79.9. The van der Waals surface area contributed by atoms with Crippen LogP contribution in [0.5, 0.6) is 0 Å². The van der Waals surface area contributed by atoms with Crippen LogP contribution < -0.4 is 11.5 Å². The average Bonchev–Trinajstić information content (AvgIpc) is 2.16. The monoisotopic (exact) mass is 268 g/mol. The van der Waals surface area contributed by atoms with Gasteiger partial charge in [0.25, 0.3) is 0 Å². The molecule has 0 aliphatic rings. The maximum absolute atomic E-state index is 5.68. The zero-order chi connectivity index (χ0) is 11.0. The number of hydrogen-bond acceptors (Lipinski definition) is 6. The number of nitrogens with zero attached hydrogens (tertiary/aromatic N) is 4. The van der Waals surface area contributed by atoms with Crippen LogP contribution in [0.25, 0.3) is 11.2 Å². The van der Waals surface area contributed by atoms with Gasteiger partial charge in [0.1, 0.15) is 0 Å².